The summed E-state index contributed by atoms with van der Waals surface area (Å²) in [4.78, 5) is 22.2. The first kappa shape index (κ1) is 14.2. The fourth-order valence-electron chi connectivity index (χ4n) is 2.23. The average Bonchev–Trinajstić information content (AvgIpc) is 2.88. The molecule has 0 radical (unpaired) electrons. The summed E-state index contributed by atoms with van der Waals surface area (Å²) in [6, 6.07) is 10.5. The van der Waals surface area contributed by atoms with Crippen molar-refractivity contribution in [3.05, 3.63) is 63.7 Å². The number of hydrogen-bond acceptors (Lipinski definition) is 5. The molecule has 2 N–H and O–H groups in total. The zero-order valence-electron chi connectivity index (χ0n) is 11.4. The highest BCUT2D eigenvalue weighted by Crippen LogP contribution is 2.16. The van der Waals surface area contributed by atoms with Crippen LogP contribution in [0.5, 0.6) is 0 Å². The second-order valence-corrected chi connectivity index (χ2v) is 4.84. The highest BCUT2D eigenvalue weighted by molar-refractivity contribution is 6.61. The van der Waals surface area contributed by atoms with Crippen LogP contribution in [-0.2, 0) is 11.3 Å². The maximum absolute atomic E-state index is 12.1. The van der Waals surface area contributed by atoms with Crippen LogP contribution in [0.1, 0.15) is 15.9 Å². The molecule has 0 saturated carbocycles. The number of fused-ring (bicyclic) bond motifs is 1. The third-order valence-corrected chi connectivity index (χ3v) is 3.41. The van der Waals surface area contributed by atoms with Gasteiger partial charge in [0.25, 0.3) is 11.6 Å². The Kier molecular flexibility index (Phi) is 3.62. The number of nitro groups is 1. The molecule has 1 heterocycles. The topological polar surface area (TPSA) is 102 Å². The first-order valence-corrected chi connectivity index (χ1v) is 6.53. The average molecular weight is 298 g/mol. The van der Waals surface area contributed by atoms with Gasteiger partial charge < -0.3 is 15.0 Å². The van der Waals surface area contributed by atoms with Crippen molar-refractivity contribution in [3.63, 3.8) is 0 Å². The van der Waals surface area contributed by atoms with Crippen LogP contribution in [0.4, 0.5) is 11.4 Å². The lowest BCUT2D eigenvalue weighted by Crippen LogP contribution is -2.28. The van der Waals surface area contributed by atoms with Crippen LogP contribution in [0, 0.1) is 10.1 Å². The van der Waals surface area contributed by atoms with Gasteiger partial charge in [-0.05, 0) is 35.3 Å². The van der Waals surface area contributed by atoms with Crippen molar-refractivity contribution in [2.45, 2.75) is 6.61 Å². The number of nitrogens with zero attached hydrogens (tertiary/aromatic N) is 1. The Labute approximate surface area is 125 Å². The molecule has 0 aromatic heterocycles. The molecule has 8 heteroatoms. The summed E-state index contributed by atoms with van der Waals surface area (Å²) < 4.78 is 5.08. The van der Waals surface area contributed by atoms with Crippen LogP contribution in [0.3, 0.4) is 0 Å². The van der Waals surface area contributed by atoms with Crippen LogP contribution in [0.15, 0.2) is 42.5 Å². The lowest BCUT2D eigenvalue weighted by Gasteiger charge is -2.07. The van der Waals surface area contributed by atoms with E-state index < -0.39 is 12.0 Å². The fraction of sp³-hybridized carbons (Fsp3) is 0.0714. The van der Waals surface area contributed by atoms with Gasteiger partial charge in [-0.2, -0.15) is 0 Å². The number of anilines is 1. The van der Waals surface area contributed by atoms with Crippen molar-refractivity contribution < 1.29 is 19.4 Å². The molecule has 0 bridgehead atoms. The Morgan fingerprint density at radius 2 is 2.00 bits per heavy atom. The molecule has 0 unspecified atom stereocenters. The van der Waals surface area contributed by atoms with E-state index in [-0.39, 0.29) is 11.6 Å². The predicted molar refractivity (Wildman–Crippen MR) is 79.9 cm³/mol. The van der Waals surface area contributed by atoms with Gasteiger partial charge in [0, 0.05) is 23.4 Å². The number of non-ortho nitro benzene ring substituents is 1. The standard InChI is InChI=1S/C14H11BN2O5/c18-14(9-2-5-12(6-3-9)17(20)21)16-11-4-1-10-8-22-15(19)13(10)7-11/h1-7,19H,8H2,(H,16,18). The van der Waals surface area contributed by atoms with Gasteiger partial charge in [-0.25, -0.2) is 0 Å². The maximum atomic E-state index is 12.1. The summed E-state index contributed by atoms with van der Waals surface area (Å²) in [7, 11) is -0.980. The first-order chi connectivity index (χ1) is 10.5. The minimum Gasteiger partial charge on any atom is -0.423 e. The molecule has 0 fully saturated rings. The summed E-state index contributed by atoms with van der Waals surface area (Å²) >= 11 is 0. The number of nitrogens with one attached hydrogen (secondary N) is 1. The number of carbonyl (C=O) groups excluding carboxylic acids is 1. The number of rotatable bonds is 3. The second-order valence-electron chi connectivity index (χ2n) is 4.84. The second kappa shape index (κ2) is 5.59. The van der Waals surface area contributed by atoms with Crippen LogP contribution < -0.4 is 10.8 Å². The van der Waals surface area contributed by atoms with Crippen molar-refractivity contribution in [3.8, 4) is 0 Å². The number of carbonyl (C=O) groups is 1. The normalized spacial score (nSPS) is 12.9. The zero-order chi connectivity index (χ0) is 15.7. The summed E-state index contributed by atoms with van der Waals surface area (Å²) in [5, 5.41) is 22.9. The fourth-order valence-corrected chi connectivity index (χ4v) is 2.23. The lowest BCUT2D eigenvalue weighted by molar-refractivity contribution is -0.384. The smallest absolute Gasteiger partial charge is 0.423 e. The number of amides is 1. The zero-order valence-corrected chi connectivity index (χ0v) is 11.4. The lowest BCUT2D eigenvalue weighted by atomic mass is 9.79. The van der Waals surface area contributed by atoms with Gasteiger partial charge in [-0.1, -0.05) is 6.07 Å². The molecule has 2 aromatic carbocycles. The summed E-state index contributed by atoms with van der Waals surface area (Å²) in [6.45, 7) is 0.340. The van der Waals surface area contributed by atoms with Crippen LogP contribution in [0.25, 0.3) is 0 Å². The van der Waals surface area contributed by atoms with Gasteiger partial charge >= 0.3 is 7.12 Å². The van der Waals surface area contributed by atoms with Crippen molar-refractivity contribution in [1.29, 1.82) is 0 Å². The Morgan fingerprint density at radius 3 is 2.68 bits per heavy atom. The first-order valence-electron chi connectivity index (χ1n) is 6.53. The Balaban J connectivity index is 1.77. The maximum Gasteiger partial charge on any atom is 0.491 e. The molecule has 0 aliphatic carbocycles. The largest absolute Gasteiger partial charge is 0.491 e. The number of benzene rings is 2. The SMILES string of the molecule is O=C(Nc1ccc2c(c1)B(O)OC2)c1ccc([N+](=O)[O-])cc1. The third-order valence-electron chi connectivity index (χ3n) is 3.41. The Bertz CT molecular complexity index is 747. The molecule has 7 nitrogen and oxygen atoms in total. The van der Waals surface area contributed by atoms with E-state index in [4.69, 9.17) is 4.65 Å². The van der Waals surface area contributed by atoms with Crippen LogP contribution in [0.2, 0.25) is 0 Å². The molecule has 22 heavy (non-hydrogen) atoms. The molecular formula is C14H11BN2O5. The van der Waals surface area contributed by atoms with E-state index in [1.54, 1.807) is 18.2 Å². The van der Waals surface area contributed by atoms with E-state index in [9.17, 15) is 19.9 Å². The van der Waals surface area contributed by atoms with Gasteiger partial charge in [-0.3, -0.25) is 14.9 Å². The summed E-state index contributed by atoms with van der Waals surface area (Å²) in [5.74, 6) is -0.386. The summed E-state index contributed by atoms with van der Waals surface area (Å²) in [6.07, 6.45) is 0. The highest BCUT2D eigenvalue weighted by Gasteiger charge is 2.27. The van der Waals surface area contributed by atoms with Crippen molar-refractivity contribution in [2.24, 2.45) is 0 Å². The van der Waals surface area contributed by atoms with Gasteiger partial charge in [0.15, 0.2) is 0 Å². The van der Waals surface area contributed by atoms with Crippen LogP contribution >= 0.6 is 0 Å². The van der Waals surface area contributed by atoms with E-state index in [1.165, 1.54) is 24.3 Å². The number of hydrogen-bond donors (Lipinski definition) is 2. The Morgan fingerprint density at radius 1 is 1.27 bits per heavy atom. The highest BCUT2D eigenvalue weighted by atomic mass is 16.6. The monoisotopic (exact) mass is 298 g/mol. The minimum atomic E-state index is -0.980. The van der Waals surface area contributed by atoms with E-state index in [0.717, 1.165) is 5.56 Å². The molecule has 0 atom stereocenters. The molecule has 1 aliphatic heterocycles. The van der Waals surface area contributed by atoms with E-state index in [1.807, 2.05) is 0 Å². The van der Waals surface area contributed by atoms with Gasteiger partial charge in [-0.15, -0.1) is 0 Å². The van der Waals surface area contributed by atoms with E-state index in [0.29, 0.717) is 23.3 Å². The third kappa shape index (κ3) is 2.69. The van der Waals surface area contributed by atoms with Gasteiger partial charge in [0.05, 0.1) is 11.5 Å². The molecular weight excluding hydrogens is 287 g/mol. The van der Waals surface area contributed by atoms with E-state index >= 15 is 0 Å². The minimum absolute atomic E-state index is 0.0747. The predicted octanol–water partition coefficient (Wildman–Crippen LogP) is 1.06. The summed E-state index contributed by atoms with van der Waals surface area (Å²) in [5.41, 5.74) is 2.26. The van der Waals surface area contributed by atoms with Crippen LogP contribution in [-0.4, -0.2) is 23.0 Å². The molecule has 2 aromatic rings. The molecule has 0 saturated heterocycles. The molecule has 3 rings (SSSR count). The number of nitro benzene ring substituents is 1. The van der Waals surface area contributed by atoms with Crippen molar-refractivity contribution in [1.82, 2.24) is 0 Å². The Hall–Kier alpha value is -2.71. The van der Waals surface area contributed by atoms with Crippen molar-refractivity contribution in [2.75, 3.05) is 5.32 Å². The quantitative estimate of drug-likeness (QED) is 0.501. The molecule has 110 valence electrons. The van der Waals surface area contributed by atoms with Crippen molar-refractivity contribution >= 4 is 29.9 Å². The molecule has 0 spiro atoms. The van der Waals surface area contributed by atoms with Gasteiger partial charge in [0.1, 0.15) is 0 Å². The van der Waals surface area contributed by atoms with Gasteiger partial charge in [0.2, 0.25) is 0 Å². The van der Waals surface area contributed by atoms with E-state index in [2.05, 4.69) is 5.32 Å². The molecule has 1 aliphatic rings. The molecule has 1 amide bonds.